The molecule has 23 heavy (non-hydrogen) atoms. The van der Waals surface area contributed by atoms with E-state index in [0.717, 1.165) is 17.1 Å². The van der Waals surface area contributed by atoms with Gasteiger partial charge in [0.25, 0.3) is 0 Å². The number of pyridine rings is 1. The van der Waals surface area contributed by atoms with Gasteiger partial charge in [-0.1, -0.05) is 19.1 Å². The molecule has 0 aliphatic heterocycles. The molecular formula is C18H21N3O2. The molecule has 0 aliphatic carbocycles. The van der Waals surface area contributed by atoms with Crippen LogP contribution in [0.4, 0.5) is 5.82 Å². The molecule has 1 aromatic carbocycles. The summed E-state index contributed by atoms with van der Waals surface area (Å²) in [6, 6.07) is 13.7. The van der Waals surface area contributed by atoms with Gasteiger partial charge in [0.05, 0.1) is 7.11 Å². The molecule has 1 N–H and O–H groups in total. The van der Waals surface area contributed by atoms with Crippen molar-refractivity contribution >= 4 is 5.82 Å². The molecule has 1 atom stereocenters. The highest BCUT2D eigenvalue weighted by atomic mass is 16.5. The second kappa shape index (κ2) is 8.04. The van der Waals surface area contributed by atoms with Gasteiger partial charge in [-0.2, -0.15) is 5.26 Å². The normalized spacial score (nSPS) is 11.4. The number of nitrogens with zero attached hydrogens (tertiary/aromatic N) is 2. The van der Waals surface area contributed by atoms with Gasteiger partial charge in [-0.05, 0) is 43.2 Å². The van der Waals surface area contributed by atoms with Crippen molar-refractivity contribution in [2.24, 2.45) is 0 Å². The van der Waals surface area contributed by atoms with Crippen LogP contribution in [0.15, 0.2) is 36.4 Å². The number of nitrogens with one attached hydrogen (secondary N) is 1. The summed E-state index contributed by atoms with van der Waals surface area (Å²) in [7, 11) is 1.59. The maximum atomic E-state index is 9.06. The largest absolute Gasteiger partial charge is 0.493 e. The van der Waals surface area contributed by atoms with Crippen LogP contribution in [0.3, 0.4) is 0 Å². The number of hydrogen-bond acceptors (Lipinski definition) is 5. The van der Waals surface area contributed by atoms with Gasteiger partial charge < -0.3 is 14.8 Å². The summed E-state index contributed by atoms with van der Waals surface area (Å²) in [6.45, 7) is 4.48. The van der Waals surface area contributed by atoms with Gasteiger partial charge in [0.15, 0.2) is 17.6 Å². The zero-order valence-electron chi connectivity index (χ0n) is 13.7. The molecule has 0 saturated heterocycles. The Bertz CT molecular complexity index is 695. The number of aryl methyl sites for hydroxylation is 1. The highest BCUT2D eigenvalue weighted by molar-refractivity contribution is 5.45. The van der Waals surface area contributed by atoms with E-state index in [0.29, 0.717) is 24.5 Å². The molecule has 0 amide bonds. The van der Waals surface area contributed by atoms with Gasteiger partial charge in [0, 0.05) is 12.2 Å². The number of methoxy groups -OCH3 is 1. The maximum Gasteiger partial charge on any atom is 0.184 e. The monoisotopic (exact) mass is 311 g/mol. The third-order valence-corrected chi connectivity index (χ3v) is 3.37. The van der Waals surface area contributed by atoms with E-state index in [-0.39, 0.29) is 0 Å². The molecule has 2 rings (SSSR count). The second-order valence-corrected chi connectivity index (χ2v) is 5.15. The molecule has 1 heterocycles. The molecule has 120 valence electrons. The molecule has 0 fully saturated rings. The van der Waals surface area contributed by atoms with Crippen LogP contribution in [0.2, 0.25) is 0 Å². The summed E-state index contributed by atoms with van der Waals surface area (Å²) in [6.07, 6.45) is 0.139. The molecule has 0 saturated carbocycles. The summed E-state index contributed by atoms with van der Waals surface area (Å²) in [4.78, 5) is 4.41. The lowest BCUT2D eigenvalue weighted by Crippen LogP contribution is -2.13. The predicted molar refractivity (Wildman–Crippen MR) is 89.6 cm³/mol. The number of nitriles is 1. The van der Waals surface area contributed by atoms with E-state index in [1.54, 1.807) is 7.11 Å². The molecule has 0 spiro atoms. The fraction of sp³-hybridized carbons (Fsp3) is 0.333. The van der Waals surface area contributed by atoms with Crippen molar-refractivity contribution in [3.63, 3.8) is 0 Å². The van der Waals surface area contributed by atoms with Crippen molar-refractivity contribution in [2.75, 3.05) is 12.4 Å². The smallest absolute Gasteiger partial charge is 0.184 e. The van der Waals surface area contributed by atoms with E-state index >= 15 is 0 Å². The quantitative estimate of drug-likeness (QED) is 0.844. The van der Waals surface area contributed by atoms with Crippen molar-refractivity contribution in [1.82, 2.24) is 4.98 Å². The molecule has 2 aromatic rings. The van der Waals surface area contributed by atoms with E-state index in [1.807, 2.05) is 50.2 Å². The molecule has 0 bridgehead atoms. The zero-order chi connectivity index (χ0) is 16.7. The van der Waals surface area contributed by atoms with Gasteiger partial charge in [-0.15, -0.1) is 0 Å². The zero-order valence-corrected chi connectivity index (χ0v) is 13.7. The number of ether oxygens (including phenoxy) is 2. The third-order valence-electron chi connectivity index (χ3n) is 3.37. The van der Waals surface area contributed by atoms with E-state index < -0.39 is 6.10 Å². The lowest BCUT2D eigenvalue weighted by Gasteiger charge is -2.15. The van der Waals surface area contributed by atoms with Gasteiger partial charge in [-0.25, -0.2) is 4.98 Å². The Morgan fingerprint density at radius 1 is 1.26 bits per heavy atom. The Labute approximate surface area is 136 Å². The minimum Gasteiger partial charge on any atom is -0.493 e. The Kier molecular flexibility index (Phi) is 5.81. The van der Waals surface area contributed by atoms with Crippen LogP contribution >= 0.6 is 0 Å². The number of benzene rings is 1. The standard InChI is InChI=1S/C18H21N3O2/c1-4-15(11-19)23-17-10-14(8-9-16(17)22-3)12-20-18-7-5-6-13(2)21-18/h5-10,15H,4,12H2,1-3H3,(H,20,21). The molecule has 0 radical (unpaired) electrons. The van der Waals surface area contributed by atoms with E-state index in [9.17, 15) is 0 Å². The van der Waals surface area contributed by atoms with Gasteiger partial charge in [-0.3, -0.25) is 0 Å². The fourth-order valence-electron chi connectivity index (χ4n) is 2.11. The topological polar surface area (TPSA) is 67.2 Å². The fourth-order valence-corrected chi connectivity index (χ4v) is 2.11. The van der Waals surface area contributed by atoms with Crippen LogP contribution in [0.25, 0.3) is 0 Å². The molecular weight excluding hydrogens is 290 g/mol. The lowest BCUT2D eigenvalue weighted by atomic mass is 10.2. The number of rotatable bonds is 7. The molecule has 5 heteroatoms. The summed E-state index contributed by atoms with van der Waals surface area (Å²) < 4.78 is 11.0. The Balaban J connectivity index is 2.12. The van der Waals surface area contributed by atoms with Gasteiger partial charge >= 0.3 is 0 Å². The first-order chi connectivity index (χ1) is 11.2. The minimum absolute atomic E-state index is 0.481. The summed E-state index contributed by atoms with van der Waals surface area (Å²) in [5, 5.41) is 12.3. The number of anilines is 1. The molecule has 1 aromatic heterocycles. The first-order valence-corrected chi connectivity index (χ1v) is 7.57. The first-order valence-electron chi connectivity index (χ1n) is 7.57. The van der Waals surface area contributed by atoms with E-state index in [4.69, 9.17) is 14.7 Å². The summed E-state index contributed by atoms with van der Waals surface area (Å²) in [5.41, 5.74) is 1.99. The Hall–Kier alpha value is -2.74. The number of hydrogen-bond donors (Lipinski definition) is 1. The lowest BCUT2D eigenvalue weighted by molar-refractivity contribution is 0.238. The van der Waals surface area contributed by atoms with Crippen LogP contribution in [-0.4, -0.2) is 18.2 Å². The SMILES string of the molecule is CCC(C#N)Oc1cc(CNc2cccc(C)n2)ccc1OC. The average Bonchev–Trinajstić information content (AvgIpc) is 2.58. The van der Waals surface area contributed by atoms with Crippen molar-refractivity contribution < 1.29 is 9.47 Å². The maximum absolute atomic E-state index is 9.06. The highest BCUT2D eigenvalue weighted by Gasteiger charge is 2.12. The van der Waals surface area contributed by atoms with Crippen LogP contribution in [0.1, 0.15) is 24.6 Å². The highest BCUT2D eigenvalue weighted by Crippen LogP contribution is 2.29. The third kappa shape index (κ3) is 4.62. The van der Waals surface area contributed by atoms with Crippen LogP contribution in [0.5, 0.6) is 11.5 Å². The van der Waals surface area contributed by atoms with E-state index in [1.165, 1.54) is 0 Å². The Morgan fingerprint density at radius 3 is 2.74 bits per heavy atom. The molecule has 1 unspecified atom stereocenters. The first kappa shape index (κ1) is 16.6. The summed E-state index contributed by atoms with van der Waals surface area (Å²) in [5.74, 6) is 2.03. The van der Waals surface area contributed by atoms with Crippen molar-refractivity contribution in [1.29, 1.82) is 5.26 Å². The van der Waals surface area contributed by atoms with Crippen molar-refractivity contribution in [3.05, 3.63) is 47.7 Å². The molecule has 0 aliphatic rings. The minimum atomic E-state index is -0.481. The van der Waals surface area contributed by atoms with Gasteiger partial charge in [0.2, 0.25) is 0 Å². The molecule has 5 nitrogen and oxygen atoms in total. The predicted octanol–water partition coefficient (Wildman–Crippen LogP) is 3.69. The summed E-state index contributed by atoms with van der Waals surface area (Å²) >= 11 is 0. The van der Waals surface area contributed by atoms with Crippen LogP contribution in [-0.2, 0) is 6.54 Å². The number of aromatic nitrogens is 1. The van der Waals surface area contributed by atoms with Crippen molar-refractivity contribution in [2.45, 2.75) is 32.9 Å². The van der Waals surface area contributed by atoms with Gasteiger partial charge in [0.1, 0.15) is 11.9 Å². The van der Waals surface area contributed by atoms with E-state index in [2.05, 4.69) is 16.4 Å². The second-order valence-electron chi connectivity index (χ2n) is 5.15. The van der Waals surface area contributed by atoms with Crippen LogP contribution in [0, 0.1) is 18.3 Å². The van der Waals surface area contributed by atoms with Crippen molar-refractivity contribution in [3.8, 4) is 17.6 Å². The van der Waals surface area contributed by atoms with Crippen LogP contribution < -0.4 is 14.8 Å². The Morgan fingerprint density at radius 2 is 2.09 bits per heavy atom. The average molecular weight is 311 g/mol.